The molecule has 1 aliphatic heterocycles. The largest absolute Gasteiger partial charge is 0.416 e. The molecule has 0 unspecified atom stereocenters. The molecule has 1 fully saturated rings. The van der Waals surface area contributed by atoms with E-state index >= 15 is 0 Å². The molecule has 1 aliphatic rings. The van der Waals surface area contributed by atoms with Gasteiger partial charge in [-0.15, -0.1) is 0 Å². The van der Waals surface area contributed by atoms with Crippen molar-refractivity contribution in [3.05, 3.63) is 64.7 Å². The van der Waals surface area contributed by atoms with Gasteiger partial charge in [-0.1, -0.05) is 28.9 Å². The van der Waals surface area contributed by atoms with Crippen molar-refractivity contribution in [3.8, 4) is 11.3 Å². The zero-order valence-electron chi connectivity index (χ0n) is 16.4. The second-order valence-electron chi connectivity index (χ2n) is 7.30. The first-order valence-corrected chi connectivity index (χ1v) is 10.2. The number of alkyl halides is 3. The molecular weight excluding hydrogens is 431 g/mol. The van der Waals surface area contributed by atoms with Crippen molar-refractivity contribution in [1.82, 2.24) is 5.16 Å². The number of piperidine rings is 1. The highest BCUT2D eigenvalue weighted by Gasteiger charge is 2.32. The molecule has 1 aromatic heterocycles. The number of aromatic nitrogens is 1. The van der Waals surface area contributed by atoms with Crippen LogP contribution >= 0.6 is 11.6 Å². The van der Waals surface area contributed by atoms with E-state index in [1.54, 1.807) is 24.3 Å². The summed E-state index contributed by atoms with van der Waals surface area (Å²) in [6.45, 7) is 1.42. The first-order chi connectivity index (χ1) is 14.8. The van der Waals surface area contributed by atoms with Crippen LogP contribution in [-0.4, -0.2) is 24.2 Å². The van der Waals surface area contributed by atoms with E-state index in [0.717, 1.165) is 31.4 Å². The molecule has 0 atom stereocenters. The molecule has 0 aliphatic carbocycles. The molecule has 4 rings (SSSR count). The van der Waals surface area contributed by atoms with E-state index in [1.165, 1.54) is 12.1 Å². The maximum atomic E-state index is 13.2. The first kappa shape index (κ1) is 21.2. The Balaban J connectivity index is 1.72. The van der Waals surface area contributed by atoms with Gasteiger partial charge in [-0.25, -0.2) is 0 Å². The molecule has 5 nitrogen and oxygen atoms in total. The number of halogens is 4. The molecule has 1 saturated heterocycles. The zero-order chi connectivity index (χ0) is 22.0. The standard InChI is InChI=1S/C22H19ClF3N3O2/c23-16-8-10-17(11-9-16)27-20(30)18-19(14-4-6-15(7-5-14)22(24,25)26)28-31-21(18)29-12-2-1-3-13-29/h4-11H,1-3,12-13H2,(H,27,30). The Morgan fingerprint density at radius 3 is 2.26 bits per heavy atom. The molecule has 2 heterocycles. The second-order valence-corrected chi connectivity index (χ2v) is 7.73. The molecule has 2 aromatic carbocycles. The minimum absolute atomic E-state index is 0.191. The van der Waals surface area contributed by atoms with Gasteiger partial charge in [-0.05, 0) is 55.7 Å². The van der Waals surface area contributed by atoms with E-state index in [4.69, 9.17) is 16.1 Å². The van der Waals surface area contributed by atoms with Crippen molar-refractivity contribution >= 4 is 29.1 Å². The van der Waals surface area contributed by atoms with Crippen LogP contribution in [0, 0.1) is 0 Å². The summed E-state index contributed by atoms with van der Waals surface area (Å²) in [5.74, 6) is -0.139. The highest BCUT2D eigenvalue weighted by molar-refractivity contribution is 6.30. The van der Waals surface area contributed by atoms with Crippen molar-refractivity contribution in [2.75, 3.05) is 23.3 Å². The predicted molar refractivity (Wildman–Crippen MR) is 112 cm³/mol. The van der Waals surface area contributed by atoms with Crippen LogP contribution in [0.25, 0.3) is 11.3 Å². The van der Waals surface area contributed by atoms with E-state index in [9.17, 15) is 18.0 Å². The number of carbonyl (C=O) groups is 1. The Hall–Kier alpha value is -3.00. The lowest BCUT2D eigenvalue weighted by Gasteiger charge is -2.26. The van der Waals surface area contributed by atoms with Gasteiger partial charge >= 0.3 is 6.18 Å². The molecule has 9 heteroatoms. The van der Waals surface area contributed by atoms with Crippen LogP contribution < -0.4 is 10.2 Å². The lowest BCUT2D eigenvalue weighted by atomic mass is 10.0. The van der Waals surface area contributed by atoms with Crippen molar-refractivity contribution < 1.29 is 22.5 Å². The summed E-state index contributed by atoms with van der Waals surface area (Å²) in [5, 5.41) is 7.37. The summed E-state index contributed by atoms with van der Waals surface area (Å²) in [5.41, 5.74) is 0.500. The fraction of sp³-hybridized carbons (Fsp3) is 0.273. The predicted octanol–water partition coefficient (Wildman–Crippen LogP) is 6.26. The Kier molecular flexibility index (Phi) is 5.91. The van der Waals surface area contributed by atoms with Gasteiger partial charge in [0.05, 0.1) is 5.56 Å². The second kappa shape index (κ2) is 8.63. The summed E-state index contributed by atoms with van der Waals surface area (Å²) in [4.78, 5) is 15.1. The zero-order valence-corrected chi connectivity index (χ0v) is 17.1. The van der Waals surface area contributed by atoms with Crippen LogP contribution in [0.4, 0.5) is 24.7 Å². The molecule has 1 amide bonds. The van der Waals surface area contributed by atoms with Gasteiger partial charge in [0.25, 0.3) is 5.91 Å². The fourth-order valence-electron chi connectivity index (χ4n) is 3.54. The molecule has 31 heavy (non-hydrogen) atoms. The quantitative estimate of drug-likeness (QED) is 0.511. The van der Waals surface area contributed by atoms with E-state index in [1.807, 2.05) is 4.90 Å². The number of hydrogen-bond donors (Lipinski definition) is 1. The van der Waals surface area contributed by atoms with Crippen LogP contribution in [0.1, 0.15) is 35.2 Å². The molecule has 0 spiro atoms. The number of hydrogen-bond acceptors (Lipinski definition) is 4. The summed E-state index contributed by atoms with van der Waals surface area (Å²) >= 11 is 5.90. The molecule has 0 saturated carbocycles. The van der Waals surface area contributed by atoms with Crippen LogP contribution in [0.3, 0.4) is 0 Å². The third kappa shape index (κ3) is 4.69. The first-order valence-electron chi connectivity index (χ1n) is 9.82. The molecule has 0 radical (unpaired) electrons. The molecular formula is C22H19ClF3N3O2. The van der Waals surface area contributed by atoms with Gasteiger partial charge in [0.2, 0.25) is 5.88 Å². The van der Waals surface area contributed by atoms with Crippen LogP contribution in [0.15, 0.2) is 53.1 Å². The number of rotatable bonds is 4. The Morgan fingerprint density at radius 1 is 1.00 bits per heavy atom. The van der Waals surface area contributed by atoms with E-state index in [-0.39, 0.29) is 11.3 Å². The highest BCUT2D eigenvalue weighted by atomic mass is 35.5. The average molecular weight is 450 g/mol. The van der Waals surface area contributed by atoms with E-state index < -0.39 is 17.6 Å². The Morgan fingerprint density at radius 2 is 1.65 bits per heavy atom. The fourth-order valence-corrected chi connectivity index (χ4v) is 3.67. The minimum atomic E-state index is -4.45. The van der Waals surface area contributed by atoms with Gasteiger partial charge in [-0.3, -0.25) is 4.79 Å². The maximum absolute atomic E-state index is 13.2. The highest BCUT2D eigenvalue weighted by Crippen LogP contribution is 2.35. The SMILES string of the molecule is O=C(Nc1ccc(Cl)cc1)c1c(-c2ccc(C(F)(F)F)cc2)noc1N1CCCCC1. The maximum Gasteiger partial charge on any atom is 0.416 e. The monoisotopic (exact) mass is 449 g/mol. The van der Waals surface area contributed by atoms with Gasteiger partial charge < -0.3 is 14.7 Å². The van der Waals surface area contributed by atoms with Crippen LogP contribution in [0.2, 0.25) is 5.02 Å². The number of benzene rings is 2. The summed E-state index contributed by atoms with van der Waals surface area (Å²) in [6.07, 6.45) is -1.46. The topological polar surface area (TPSA) is 58.4 Å². The van der Waals surface area contributed by atoms with Crippen molar-refractivity contribution in [2.45, 2.75) is 25.4 Å². The molecule has 0 bridgehead atoms. The van der Waals surface area contributed by atoms with Gasteiger partial charge in [0.15, 0.2) is 0 Å². The van der Waals surface area contributed by atoms with E-state index in [0.29, 0.717) is 35.2 Å². The number of nitrogens with zero attached hydrogens (tertiary/aromatic N) is 2. The Bertz CT molecular complexity index is 1060. The smallest absolute Gasteiger partial charge is 0.340 e. The minimum Gasteiger partial charge on any atom is -0.340 e. The average Bonchev–Trinajstić information content (AvgIpc) is 3.21. The number of nitrogens with one attached hydrogen (secondary N) is 1. The Labute approximate surface area is 181 Å². The van der Waals surface area contributed by atoms with Gasteiger partial charge in [-0.2, -0.15) is 13.2 Å². The van der Waals surface area contributed by atoms with Crippen molar-refractivity contribution in [2.24, 2.45) is 0 Å². The van der Waals surface area contributed by atoms with Crippen LogP contribution in [-0.2, 0) is 6.18 Å². The number of carbonyl (C=O) groups excluding carboxylic acids is 1. The van der Waals surface area contributed by atoms with Crippen LogP contribution in [0.5, 0.6) is 0 Å². The lowest BCUT2D eigenvalue weighted by molar-refractivity contribution is -0.137. The van der Waals surface area contributed by atoms with Gasteiger partial charge in [0.1, 0.15) is 11.3 Å². The normalized spacial score (nSPS) is 14.5. The van der Waals surface area contributed by atoms with E-state index in [2.05, 4.69) is 10.5 Å². The van der Waals surface area contributed by atoms with Crippen molar-refractivity contribution in [1.29, 1.82) is 0 Å². The molecule has 162 valence electrons. The summed E-state index contributed by atoms with van der Waals surface area (Å²) < 4.78 is 44.3. The molecule has 1 N–H and O–H groups in total. The van der Waals surface area contributed by atoms with Gasteiger partial charge in [0, 0.05) is 29.4 Å². The lowest BCUT2D eigenvalue weighted by Crippen LogP contribution is -2.30. The number of amides is 1. The third-order valence-corrected chi connectivity index (χ3v) is 5.38. The summed E-state index contributed by atoms with van der Waals surface area (Å²) in [6, 6.07) is 11.1. The number of anilines is 2. The van der Waals surface area contributed by atoms with Crippen molar-refractivity contribution in [3.63, 3.8) is 0 Å². The third-order valence-electron chi connectivity index (χ3n) is 5.13. The molecule has 3 aromatic rings. The summed E-state index contributed by atoms with van der Waals surface area (Å²) in [7, 11) is 0.